The van der Waals surface area contributed by atoms with Crippen LogP contribution in [0.1, 0.15) is 40.2 Å². The summed E-state index contributed by atoms with van der Waals surface area (Å²) in [6.07, 6.45) is -0.393. The van der Waals surface area contributed by atoms with Gasteiger partial charge in [0.1, 0.15) is 5.60 Å². The molecule has 0 saturated carbocycles. The molecule has 3 amide bonds. The number of alkyl carbamates (subject to hydrolysis) is 1. The zero-order chi connectivity index (χ0) is 30.6. The van der Waals surface area contributed by atoms with Gasteiger partial charge < -0.3 is 35.1 Å². The van der Waals surface area contributed by atoms with Crippen molar-refractivity contribution in [3.05, 3.63) is 42.0 Å². The van der Waals surface area contributed by atoms with E-state index in [-0.39, 0.29) is 30.2 Å². The lowest BCUT2D eigenvalue weighted by molar-refractivity contribution is -0.134. The van der Waals surface area contributed by atoms with Crippen molar-refractivity contribution < 1.29 is 33.4 Å². The molecule has 2 rings (SSSR count). The van der Waals surface area contributed by atoms with E-state index in [1.807, 2.05) is 17.0 Å². The van der Waals surface area contributed by atoms with Gasteiger partial charge in [-0.2, -0.15) is 0 Å². The fourth-order valence-electron chi connectivity index (χ4n) is 3.62. The van der Waals surface area contributed by atoms with Crippen LogP contribution in [0, 0.1) is 0 Å². The predicted octanol–water partition coefficient (Wildman–Crippen LogP) is 5.53. The van der Waals surface area contributed by atoms with Gasteiger partial charge in [0.25, 0.3) is 0 Å². The molecule has 0 aliphatic carbocycles. The molecule has 0 aliphatic heterocycles. The van der Waals surface area contributed by atoms with Crippen molar-refractivity contribution in [1.29, 1.82) is 0 Å². The van der Waals surface area contributed by atoms with Crippen molar-refractivity contribution in [2.24, 2.45) is 0 Å². The molecule has 0 bridgehead atoms. The first-order valence-electron chi connectivity index (χ1n) is 12.9. The lowest BCUT2D eigenvalue weighted by atomic mass is 10.1. The van der Waals surface area contributed by atoms with Gasteiger partial charge in [-0.15, -0.1) is 23.2 Å². The molecule has 0 radical (unpaired) electrons. The van der Waals surface area contributed by atoms with Crippen molar-refractivity contribution >= 4 is 64.3 Å². The first kappa shape index (κ1) is 33.5. The first-order valence-corrected chi connectivity index (χ1v) is 13.9. The lowest BCUT2D eigenvalue weighted by Crippen LogP contribution is -2.33. The van der Waals surface area contributed by atoms with Crippen LogP contribution in [0.4, 0.5) is 26.7 Å². The summed E-state index contributed by atoms with van der Waals surface area (Å²) in [4.78, 5) is 50.4. The molecule has 13 heteroatoms. The zero-order valence-electron chi connectivity index (χ0n) is 23.8. The van der Waals surface area contributed by atoms with E-state index in [2.05, 4.69) is 16.0 Å². The van der Waals surface area contributed by atoms with E-state index in [1.165, 1.54) is 26.0 Å². The lowest BCUT2D eigenvalue weighted by Gasteiger charge is -2.23. The molecule has 0 unspecified atom stereocenters. The van der Waals surface area contributed by atoms with E-state index in [9.17, 15) is 19.2 Å². The average molecular weight is 612 g/mol. The maximum atomic E-state index is 12.9. The number of nitrogens with zero attached hydrogens (tertiary/aromatic N) is 1. The number of nitrogens with one attached hydrogen (secondary N) is 3. The largest absolute Gasteiger partial charge is 0.444 e. The normalized spacial score (nSPS) is 10.8. The Morgan fingerprint density at radius 1 is 0.854 bits per heavy atom. The second-order valence-corrected chi connectivity index (χ2v) is 10.6. The molecule has 2 aromatic rings. The number of carbonyl (C=O) groups is 4. The summed E-state index contributed by atoms with van der Waals surface area (Å²) in [6.45, 7) is 9.03. The van der Waals surface area contributed by atoms with Gasteiger partial charge >= 0.3 is 24.1 Å². The third kappa shape index (κ3) is 12.1. The van der Waals surface area contributed by atoms with E-state index in [0.717, 1.165) is 5.69 Å². The van der Waals surface area contributed by atoms with Crippen molar-refractivity contribution in [2.75, 3.05) is 46.9 Å². The van der Waals surface area contributed by atoms with Gasteiger partial charge in [-0.25, -0.2) is 9.59 Å². The average Bonchev–Trinajstić information content (AvgIpc) is 2.85. The van der Waals surface area contributed by atoms with Crippen LogP contribution in [0.2, 0.25) is 0 Å². The van der Waals surface area contributed by atoms with Crippen LogP contribution in [0.15, 0.2) is 36.4 Å². The van der Waals surface area contributed by atoms with Gasteiger partial charge in [-0.3, -0.25) is 9.59 Å². The third-order valence-electron chi connectivity index (χ3n) is 5.19. The van der Waals surface area contributed by atoms with Gasteiger partial charge in [-0.05, 0) is 63.1 Å². The Hall–Kier alpha value is -3.70. The number of urea groups is 1. The van der Waals surface area contributed by atoms with Gasteiger partial charge in [0, 0.05) is 68.4 Å². The molecule has 0 atom stereocenters. The van der Waals surface area contributed by atoms with Crippen LogP contribution in [-0.2, 0) is 20.7 Å². The maximum Gasteiger partial charge on any atom is 0.407 e. The Morgan fingerprint density at radius 2 is 1.41 bits per heavy atom. The fourth-order valence-corrected chi connectivity index (χ4v) is 4.03. The smallest absolute Gasteiger partial charge is 0.407 e. The molecule has 11 nitrogen and oxygen atoms in total. The van der Waals surface area contributed by atoms with E-state index in [0.29, 0.717) is 36.1 Å². The molecule has 0 spiro atoms. The second kappa shape index (κ2) is 15.9. The van der Waals surface area contributed by atoms with Gasteiger partial charge in [0.05, 0.1) is 0 Å². The number of halogens is 2. The number of esters is 2. The highest BCUT2D eigenvalue weighted by Gasteiger charge is 2.19. The summed E-state index contributed by atoms with van der Waals surface area (Å²) >= 11 is 11.8. The van der Waals surface area contributed by atoms with Crippen molar-refractivity contribution in [3.63, 3.8) is 0 Å². The van der Waals surface area contributed by atoms with Crippen molar-refractivity contribution in [2.45, 2.75) is 46.6 Å². The van der Waals surface area contributed by atoms with Crippen molar-refractivity contribution in [1.82, 2.24) is 5.32 Å². The standard InChI is InChI=1S/C28H36Cl2N4O7/c1-18(35)39-24-16-20(10-13-31-27(38)41-28(3,4)5)23(17-25(24)40-19(2)36)33-26(37)32-21-6-8-22(9-7-21)34(14-11-29)15-12-30/h6-9,16-17H,10-15H2,1-5H3,(H,31,38)(H2,32,33,37). The zero-order valence-corrected chi connectivity index (χ0v) is 25.3. The topological polar surface area (TPSA) is 135 Å². The number of benzene rings is 2. The Bertz CT molecular complexity index is 1210. The highest BCUT2D eigenvalue weighted by molar-refractivity contribution is 6.18. The van der Waals surface area contributed by atoms with Crippen LogP contribution in [0.3, 0.4) is 0 Å². The number of alkyl halides is 2. The molecule has 41 heavy (non-hydrogen) atoms. The van der Waals surface area contributed by atoms with E-state index in [4.69, 9.17) is 37.4 Å². The summed E-state index contributed by atoms with van der Waals surface area (Å²) in [7, 11) is 0. The van der Waals surface area contributed by atoms with E-state index >= 15 is 0 Å². The number of amides is 3. The van der Waals surface area contributed by atoms with Crippen LogP contribution >= 0.6 is 23.2 Å². The highest BCUT2D eigenvalue weighted by Crippen LogP contribution is 2.35. The molecule has 224 valence electrons. The molecular formula is C28H36Cl2N4O7. The minimum absolute atomic E-state index is 0.0139. The third-order valence-corrected chi connectivity index (χ3v) is 5.52. The van der Waals surface area contributed by atoms with E-state index in [1.54, 1.807) is 32.9 Å². The number of rotatable bonds is 12. The van der Waals surface area contributed by atoms with Crippen LogP contribution in [-0.4, -0.2) is 61.1 Å². The second-order valence-electron chi connectivity index (χ2n) is 9.81. The highest BCUT2D eigenvalue weighted by atomic mass is 35.5. The molecular weight excluding hydrogens is 575 g/mol. The summed E-state index contributed by atoms with van der Waals surface area (Å²) in [6, 6.07) is 9.43. The monoisotopic (exact) mass is 610 g/mol. The summed E-state index contributed by atoms with van der Waals surface area (Å²) in [5.74, 6) is -0.463. The molecule has 0 heterocycles. The Morgan fingerprint density at radius 3 is 1.93 bits per heavy atom. The SMILES string of the molecule is CC(=O)Oc1cc(CCNC(=O)OC(C)(C)C)c(NC(=O)Nc2ccc(N(CCCl)CCCl)cc2)cc1OC(C)=O. The quantitative estimate of drug-likeness (QED) is 0.162. The van der Waals surface area contributed by atoms with E-state index < -0.39 is 29.7 Å². The molecule has 0 aromatic heterocycles. The fraction of sp³-hybridized carbons (Fsp3) is 0.429. The molecule has 2 aromatic carbocycles. The molecule has 3 N–H and O–H groups in total. The minimum atomic E-state index is -0.673. The van der Waals surface area contributed by atoms with Gasteiger partial charge in [-0.1, -0.05) is 0 Å². The minimum Gasteiger partial charge on any atom is -0.444 e. The summed E-state index contributed by atoms with van der Waals surface area (Å²) in [5.41, 5.74) is 1.52. The molecule has 0 aliphatic rings. The number of carbonyl (C=O) groups excluding carboxylic acids is 4. The number of ether oxygens (including phenoxy) is 3. The Balaban J connectivity index is 2.26. The number of anilines is 3. The maximum absolute atomic E-state index is 12.9. The van der Waals surface area contributed by atoms with Gasteiger partial charge in [0.15, 0.2) is 11.5 Å². The summed E-state index contributed by atoms with van der Waals surface area (Å²) in [5, 5.41) is 8.13. The Kier molecular flexibility index (Phi) is 13.0. The number of hydrogen-bond acceptors (Lipinski definition) is 8. The predicted molar refractivity (Wildman–Crippen MR) is 160 cm³/mol. The first-order chi connectivity index (χ1) is 19.3. The van der Waals surface area contributed by atoms with Gasteiger partial charge in [0.2, 0.25) is 0 Å². The Labute approximate surface area is 249 Å². The molecule has 0 saturated heterocycles. The number of hydrogen-bond donors (Lipinski definition) is 3. The summed E-state index contributed by atoms with van der Waals surface area (Å²) < 4.78 is 15.7. The molecule has 0 fully saturated rings. The van der Waals surface area contributed by atoms with Crippen molar-refractivity contribution in [3.8, 4) is 11.5 Å². The van der Waals surface area contributed by atoms with Crippen LogP contribution in [0.25, 0.3) is 0 Å². The van der Waals surface area contributed by atoms with Crippen LogP contribution in [0.5, 0.6) is 11.5 Å². The van der Waals surface area contributed by atoms with Crippen LogP contribution < -0.4 is 30.3 Å².